The third kappa shape index (κ3) is 8.94. The molecule has 7 heteroatoms. The van der Waals surface area contributed by atoms with Crippen LogP contribution < -0.4 is 9.64 Å². The van der Waals surface area contributed by atoms with Crippen LogP contribution in [-0.2, 0) is 20.7 Å². The number of carbonyl (C=O) groups is 1. The van der Waals surface area contributed by atoms with E-state index in [1.54, 1.807) is 12.1 Å². The largest absolute Gasteiger partial charge is 0.493 e. The summed E-state index contributed by atoms with van der Waals surface area (Å²) in [5, 5.41) is 0. The van der Waals surface area contributed by atoms with Gasteiger partial charge in [0.15, 0.2) is 6.10 Å². The number of hydrogen-bond acceptors (Lipinski definition) is 6. The molecule has 1 saturated heterocycles. The third-order valence-corrected chi connectivity index (χ3v) is 7.98. The monoisotopic (exact) mass is 616 g/mol. The molecule has 1 aromatic heterocycles. The van der Waals surface area contributed by atoms with Gasteiger partial charge >= 0.3 is 5.97 Å². The van der Waals surface area contributed by atoms with Crippen molar-refractivity contribution in [1.82, 2.24) is 4.98 Å². The van der Waals surface area contributed by atoms with E-state index in [2.05, 4.69) is 30.9 Å². The number of carbonyl (C=O) groups excluding carboxylic acids is 1. The molecule has 0 aliphatic carbocycles. The normalized spacial score (nSPS) is 14.5. The predicted molar refractivity (Wildman–Crippen MR) is 179 cm³/mol. The number of piperidine rings is 1. The van der Waals surface area contributed by atoms with E-state index in [4.69, 9.17) is 19.2 Å². The lowest BCUT2D eigenvalue weighted by molar-refractivity contribution is -0.171. The molecule has 4 rings (SSSR count). The number of nitrogens with zero attached hydrogens (tertiary/aromatic N) is 2. The van der Waals surface area contributed by atoms with E-state index in [1.165, 1.54) is 23.3 Å². The quantitative estimate of drug-likeness (QED) is 0.168. The Morgan fingerprint density at radius 3 is 2.13 bits per heavy atom. The maximum atomic E-state index is 13.7. The first-order chi connectivity index (χ1) is 21.2. The van der Waals surface area contributed by atoms with Crippen molar-refractivity contribution in [2.45, 2.75) is 99.4 Å². The third-order valence-electron chi connectivity index (χ3n) is 7.98. The molecular formula is C38H49FN2O4. The Kier molecular flexibility index (Phi) is 11.1. The van der Waals surface area contributed by atoms with Crippen LogP contribution in [0.5, 0.6) is 5.75 Å². The topological polar surface area (TPSA) is 60.9 Å². The molecule has 2 aromatic carbocycles. The molecule has 0 amide bonds. The van der Waals surface area contributed by atoms with Crippen LogP contribution in [0.15, 0.2) is 59.7 Å². The summed E-state index contributed by atoms with van der Waals surface area (Å²) in [4.78, 5) is 21.1. The van der Waals surface area contributed by atoms with Crippen molar-refractivity contribution >= 4 is 11.7 Å². The van der Waals surface area contributed by atoms with Gasteiger partial charge in [0.25, 0.3) is 0 Å². The molecular weight excluding hydrogens is 567 g/mol. The average Bonchev–Trinajstić information content (AvgIpc) is 2.96. The first-order valence-corrected chi connectivity index (χ1v) is 16.0. The van der Waals surface area contributed by atoms with Gasteiger partial charge in [-0.25, -0.2) is 9.18 Å². The Labute approximate surface area is 268 Å². The maximum Gasteiger partial charge on any atom is 0.340 e. The molecule has 0 N–H and O–H groups in total. The second-order valence-electron chi connectivity index (χ2n) is 13.4. The summed E-state index contributed by atoms with van der Waals surface area (Å²) in [6.45, 7) is 20.1. The number of allylic oxidation sites excluding steroid dienone is 1. The standard InChI is InChI=1S/C38H49FN2O4/c1-24(2)29-18-21-41(22-19-29)35-33(30-12-16-32(17-13-30)43-23-20-28-10-14-31(39)15-11-28)26(5)40-27(6)34(35)36(45-38(7,8)9)37(42)44-25(3)4/h10-17,25,36H,18-23H2,1-9H3/t36-/m0/s1. The molecule has 1 aliphatic heterocycles. The lowest BCUT2D eigenvalue weighted by Gasteiger charge is -2.37. The molecule has 3 aromatic rings. The molecule has 0 radical (unpaired) electrons. The van der Waals surface area contributed by atoms with Gasteiger partial charge in [0.05, 0.1) is 24.0 Å². The molecule has 45 heavy (non-hydrogen) atoms. The van der Waals surface area contributed by atoms with Crippen molar-refractivity contribution < 1.29 is 23.4 Å². The van der Waals surface area contributed by atoms with Crippen molar-refractivity contribution in [3.63, 3.8) is 0 Å². The average molecular weight is 617 g/mol. The van der Waals surface area contributed by atoms with E-state index < -0.39 is 17.7 Å². The number of hydrogen-bond donors (Lipinski definition) is 0. The summed E-state index contributed by atoms with van der Waals surface area (Å²) in [5.74, 6) is 0.0995. The lowest BCUT2D eigenvalue weighted by atomic mass is 9.91. The lowest BCUT2D eigenvalue weighted by Crippen LogP contribution is -2.36. The molecule has 6 nitrogen and oxygen atoms in total. The number of esters is 1. The number of ether oxygens (including phenoxy) is 3. The second-order valence-corrected chi connectivity index (χ2v) is 13.4. The Morgan fingerprint density at radius 2 is 1.58 bits per heavy atom. The fourth-order valence-corrected chi connectivity index (χ4v) is 5.86. The highest BCUT2D eigenvalue weighted by molar-refractivity contribution is 5.88. The van der Waals surface area contributed by atoms with Gasteiger partial charge in [-0.15, -0.1) is 0 Å². The Balaban J connectivity index is 1.76. The summed E-state index contributed by atoms with van der Waals surface area (Å²) < 4.78 is 31.6. The number of halogens is 1. The highest BCUT2D eigenvalue weighted by atomic mass is 19.1. The van der Waals surface area contributed by atoms with E-state index >= 15 is 0 Å². The molecule has 242 valence electrons. The molecule has 2 heterocycles. The van der Waals surface area contributed by atoms with Gasteiger partial charge in [-0.1, -0.05) is 35.4 Å². The molecule has 1 aliphatic rings. The van der Waals surface area contributed by atoms with Gasteiger partial charge in [0, 0.05) is 42.0 Å². The Hall–Kier alpha value is -3.71. The molecule has 0 bridgehead atoms. The second kappa shape index (κ2) is 14.6. The highest BCUT2D eigenvalue weighted by Gasteiger charge is 2.36. The number of aromatic nitrogens is 1. The summed E-state index contributed by atoms with van der Waals surface area (Å²) in [5.41, 5.74) is 8.64. The van der Waals surface area contributed by atoms with Crippen LogP contribution in [0.2, 0.25) is 0 Å². The van der Waals surface area contributed by atoms with Crippen LogP contribution in [-0.4, -0.2) is 42.4 Å². The first-order valence-electron chi connectivity index (χ1n) is 16.0. The van der Waals surface area contributed by atoms with Gasteiger partial charge in [0.1, 0.15) is 11.6 Å². The minimum Gasteiger partial charge on any atom is -0.493 e. The van der Waals surface area contributed by atoms with Gasteiger partial charge < -0.3 is 19.1 Å². The summed E-state index contributed by atoms with van der Waals surface area (Å²) in [6, 6.07) is 14.5. The van der Waals surface area contributed by atoms with Crippen LogP contribution in [0.1, 0.15) is 89.9 Å². The number of anilines is 1. The van der Waals surface area contributed by atoms with E-state index in [9.17, 15) is 9.18 Å². The zero-order valence-electron chi connectivity index (χ0n) is 28.4. The van der Waals surface area contributed by atoms with Gasteiger partial charge in [0.2, 0.25) is 0 Å². The SMILES string of the molecule is CC(C)=C1CCN(c2c(-c3ccc(OCCc4ccc(F)cc4)cc3)c(C)nc(C)c2[C@H](OC(C)(C)C)C(=O)OC(C)C)CC1. The predicted octanol–water partition coefficient (Wildman–Crippen LogP) is 8.87. The van der Waals surface area contributed by atoms with Crippen molar-refractivity contribution in [3.05, 3.63) is 88.0 Å². The highest BCUT2D eigenvalue weighted by Crippen LogP contribution is 2.44. The zero-order chi connectivity index (χ0) is 32.9. The summed E-state index contributed by atoms with van der Waals surface area (Å²) in [7, 11) is 0. The van der Waals surface area contributed by atoms with Crippen LogP contribution in [0.25, 0.3) is 11.1 Å². The zero-order valence-corrected chi connectivity index (χ0v) is 28.4. The number of aryl methyl sites for hydroxylation is 2. The number of benzene rings is 2. The van der Waals surface area contributed by atoms with Gasteiger partial charge in [-0.3, -0.25) is 4.98 Å². The van der Waals surface area contributed by atoms with Crippen molar-refractivity contribution in [2.24, 2.45) is 0 Å². The molecule has 0 spiro atoms. The van der Waals surface area contributed by atoms with Crippen molar-refractivity contribution in [1.29, 1.82) is 0 Å². The first kappa shape index (κ1) is 34.2. The number of pyridine rings is 1. The van der Waals surface area contributed by atoms with Crippen molar-refractivity contribution in [2.75, 3.05) is 24.6 Å². The van der Waals surface area contributed by atoms with Crippen molar-refractivity contribution in [3.8, 4) is 16.9 Å². The minimum atomic E-state index is -0.937. The molecule has 0 saturated carbocycles. The smallest absolute Gasteiger partial charge is 0.340 e. The molecule has 1 atom stereocenters. The van der Waals surface area contributed by atoms with E-state index in [1.807, 2.05) is 60.6 Å². The Morgan fingerprint density at radius 1 is 0.956 bits per heavy atom. The summed E-state index contributed by atoms with van der Waals surface area (Å²) in [6.07, 6.45) is 1.39. The molecule has 0 unspecified atom stereocenters. The fourth-order valence-electron chi connectivity index (χ4n) is 5.86. The van der Waals surface area contributed by atoms with Crippen LogP contribution >= 0.6 is 0 Å². The van der Waals surface area contributed by atoms with E-state index in [0.717, 1.165) is 71.0 Å². The van der Waals surface area contributed by atoms with Crippen LogP contribution in [0.3, 0.4) is 0 Å². The fraction of sp³-hybridized carbons (Fsp3) is 0.474. The van der Waals surface area contributed by atoms with E-state index in [0.29, 0.717) is 13.0 Å². The van der Waals surface area contributed by atoms with E-state index in [-0.39, 0.29) is 11.9 Å². The number of rotatable bonds is 10. The summed E-state index contributed by atoms with van der Waals surface area (Å²) >= 11 is 0. The minimum absolute atomic E-state index is 0.242. The van der Waals surface area contributed by atoms with Crippen LogP contribution in [0, 0.1) is 19.7 Å². The maximum absolute atomic E-state index is 13.7. The Bertz CT molecular complexity index is 1490. The molecule has 1 fully saturated rings. The van der Waals surface area contributed by atoms with Crippen LogP contribution in [0.4, 0.5) is 10.1 Å². The van der Waals surface area contributed by atoms with Gasteiger partial charge in [-0.2, -0.15) is 0 Å². The van der Waals surface area contributed by atoms with Gasteiger partial charge in [-0.05, 0) is 111 Å².